The molecule has 1 aliphatic heterocycles. The van der Waals surface area contributed by atoms with Crippen LogP contribution in [0.3, 0.4) is 0 Å². The standard InChI is InChI=1S/C19H23N3O2/c1-14(22-10-12-24-13-11-22)15-6-8-16(9-7-15)17-4-3-5-18(21-17)19(23)20-2/h3-9,14H,10-13H2,1-2H3,(H,20,23)/t14-/m0/s1. The van der Waals surface area contributed by atoms with Crippen LogP contribution in [0.2, 0.25) is 0 Å². The molecule has 1 N–H and O–H groups in total. The molecule has 5 nitrogen and oxygen atoms in total. The van der Waals surface area contributed by atoms with Gasteiger partial charge in [-0.2, -0.15) is 0 Å². The maximum Gasteiger partial charge on any atom is 0.269 e. The average molecular weight is 325 g/mol. The van der Waals surface area contributed by atoms with Crippen LogP contribution >= 0.6 is 0 Å². The Balaban J connectivity index is 1.78. The molecule has 2 aromatic rings. The van der Waals surface area contributed by atoms with Crippen LogP contribution in [0.25, 0.3) is 11.3 Å². The topological polar surface area (TPSA) is 54.5 Å². The van der Waals surface area contributed by atoms with Crippen molar-refractivity contribution in [1.82, 2.24) is 15.2 Å². The number of ether oxygens (including phenoxy) is 1. The first-order chi connectivity index (χ1) is 11.7. The molecule has 1 atom stereocenters. The number of nitrogens with one attached hydrogen (secondary N) is 1. The number of benzene rings is 1. The molecule has 0 spiro atoms. The van der Waals surface area contributed by atoms with Gasteiger partial charge in [-0.25, -0.2) is 4.98 Å². The lowest BCUT2D eigenvalue weighted by molar-refractivity contribution is 0.0198. The van der Waals surface area contributed by atoms with Crippen molar-refractivity contribution >= 4 is 5.91 Å². The number of hydrogen-bond acceptors (Lipinski definition) is 4. The SMILES string of the molecule is CNC(=O)c1cccc(-c2ccc([C@H](C)N3CCOCC3)cc2)n1. The molecule has 1 aliphatic rings. The van der Waals surface area contributed by atoms with Crippen molar-refractivity contribution in [3.8, 4) is 11.3 Å². The van der Waals surface area contributed by atoms with Gasteiger partial charge in [0.2, 0.25) is 0 Å². The molecule has 5 heteroatoms. The fourth-order valence-corrected chi connectivity index (χ4v) is 2.96. The second-order valence-electron chi connectivity index (χ2n) is 5.93. The molecule has 0 radical (unpaired) electrons. The number of aromatic nitrogens is 1. The van der Waals surface area contributed by atoms with Crippen molar-refractivity contribution in [2.75, 3.05) is 33.4 Å². The predicted molar refractivity (Wildman–Crippen MR) is 93.9 cm³/mol. The van der Waals surface area contributed by atoms with E-state index in [0.29, 0.717) is 11.7 Å². The molecule has 126 valence electrons. The van der Waals surface area contributed by atoms with Gasteiger partial charge in [0.25, 0.3) is 5.91 Å². The molecule has 0 saturated carbocycles. The Morgan fingerprint density at radius 1 is 1.17 bits per heavy atom. The average Bonchev–Trinajstić information content (AvgIpc) is 2.67. The van der Waals surface area contributed by atoms with Crippen molar-refractivity contribution in [2.45, 2.75) is 13.0 Å². The number of carbonyl (C=O) groups is 1. The summed E-state index contributed by atoms with van der Waals surface area (Å²) < 4.78 is 5.42. The van der Waals surface area contributed by atoms with Crippen molar-refractivity contribution in [1.29, 1.82) is 0 Å². The maximum absolute atomic E-state index is 11.7. The quantitative estimate of drug-likeness (QED) is 0.938. The summed E-state index contributed by atoms with van der Waals surface area (Å²) in [6.07, 6.45) is 0. The molecule has 1 fully saturated rings. The van der Waals surface area contributed by atoms with Gasteiger partial charge in [-0.15, -0.1) is 0 Å². The summed E-state index contributed by atoms with van der Waals surface area (Å²) in [7, 11) is 1.61. The highest BCUT2D eigenvalue weighted by molar-refractivity contribution is 5.92. The van der Waals surface area contributed by atoms with Gasteiger partial charge in [-0.3, -0.25) is 9.69 Å². The Bertz CT molecular complexity index is 694. The van der Waals surface area contributed by atoms with E-state index in [0.717, 1.165) is 37.6 Å². The molecule has 1 amide bonds. The van der Waals surface area contributed by atoms with Crippen LogP contribution in [0.15, 0.2) is 42.5 Å². The fraction of sp³-hybridized carbons (Fsp3) is 0.368. The summed E-state index contributed by atoms with van der Waals surface area (Å²) in [6, 6.07) is 14.3. The lowest BCUT2D eigenvalue weighted by Gasteiger charge is -2.32. The molecule has 2 heterocycles. The third kappa shape index (κ3) is 3.63. The molecular weight excluding hydrogens is 302 g/mol. The first-order valence-corrected chi connectivity index (χ1v) is 8.30. The molecule has 0 unspecified atom stereocenters. The van der Waals surface area contributed by atoms with Crippen LogP contribution in [0.1, 0.15) is 29.0 Å². The summed E-state index contributed by atoms with van der Waals surface area (Å²) >= 11 is 0. The number of carbonyl (C=O) groups excluding carboxylic acids is 1. The third-order valence-corrected chi connectivity index (χ3v) is 4.49. The van der Waals surface area contributed by atoms with Gasteiger partial charge >= 0.3 is 0 Å². The van der Waals surface area contributed by atoms with Gasteiger partial charge in [-0.05, 0) is 24.6 Å². The number of rotatable bonds is 4. The van der Waals surface area contributed by atoms with Crippen molar-refractivity contribution < 1.29 is 9.53 Å². The summed E-state index contributed by atoms with van der Waals surface area (Å²) in [5.41, 5.74) is 3.53. The molecule has 24 heavy (non-hydrogen) atoms. The van der Waals surface area contributed by atoms with E-state index >= 15 is 0 Å². The number of morpholine rings is 1. The largest absolute Gasteiger partial charge is 0.379 e. The van der Waals surface area contributed by atoms with Gasteiger partial charge in [0.05, 0.1) is 18.9 Å². The van der Waals surface area contributed by atoms with Gasteiger partial charge in [-0.1, -0.05) is 30.3 Å². The fourth-order valence-electron chi connectivity index (χ4n) is 2.96. The lowest BCUT2D eigenvalue weighted by Crippen LogP contribution is -2.37. The lowest BCUT2D eigenvalue weighted by atomic mass is 10.0. The number of pyridine rings is 1. The highest BCUT2D eigenvalue weighted by Crippen LogP contribution is 2.24. The molecular formula is C19H23N3O2. The highest BCUT2D eigenvalue weighted by Gasteiger charge is 2.18. The number of hydrogen-bond donors (Lipinski definition) is 1. The second kappa shape index (κ2) is 7.55. The van der Waals surface area contributed by atoms with E-state index in [4.69, 9.17) is 4.74 Å². The third-order valence-electron chi connectivity index (χ3n) is 4.49. The van der Waals surface area contributed by atoms with Crippen LogP contribution in [0.4, 0.5) is 0 Å². The Morgan fingerprint density at radius 3 is 2.54 bits per heavy atom. The molecule has 1 aromatic heterocycles. The Labute approximate surface area is 142 Å². The van der Waals surface area contributed by atoms with E-state index < -0.39 is 0 Å². The smallest absolute Gasteiger partial charge is 0.269 e. The Kier molecular flexibility index (Phi) is 5.23. The summed E-state index contributed by atoms with van der Waals surface area (Å²) in [5, 5.41) is 2.60. The van der Waals surface area contributed by atoms with Gasteiger partial charge in [0.15, 0.2) is 0 Å². The minimum atomic E-state index is -0.172. The first kappa shape index (κ1) is 16.6. The van der Waals surface area contributed by atoms with E-state index in [-0.39, 0.29) is 5.91 Å². The van der Waals surface area contributed by atoms with E-state index in [9.17, 15) is 4.79 Å². The maximum atomic E-state index is 11.7. The minimum absolute atomic E-state index is 0.172. The molecule has 0 bridgehead atoms. The Morgan fingerprint density at radius 2 is 1.88 bits per heavy atom. The number of amides is 1. The van der Waals surface area contributed by atoms with E-state index in [2.05, 4.69) is 46.4 Å². The van der Waals surface area contributed by atoms with Crippen LogP contribution in [-0.4, -0.2) is 49.1 Å². The molecule has 3 rings (SSSR count). The van der Waals surface area contributed by atoms with Crippen LogP contribution < -0.4 is 5.32 Å². The summed E-state index contributed by atoms with van der Waals surface area (Å²) in [6.45, 7) is 5.78. The van der Waals surface area contributed by atoms with E-state index in [1.54, 1.807) is 13.1 Å². The van der Waals surface area contributed by atoms with Crippen molar-refractivity contribution in [3.63, 3.8) is 0 Å². The van der Waals surface area contributed by atoms with Crippen LogP contribution in [0, 0.1) is 0 Å². The minimum Gasteiger partial charge on any atom is -0.379 e. The zero-order valence-electron chi connectivity index (χ0n) is 14.2. The zero-order valence-corrected chi connectivity index (χ0v) is 14.2. The normalized spacial score (nSPS) is 16.6. The van der Waals surface area contributed by atoms with E-state index in [1.807, 2.05) is 12.1 Å². The summed E-state index contributed by atoms with van der Waals surface area (Å²) in [5.74, 6) is -0.172. The number of nitrogens with zero attached hydrogens (tertiary/aromatic N) is 2. The molecule has 1 aromatic carbocycles. The van der Waals surface area contributed by atoms with Crippen LogP contribution in [0.5, 0.6) is 0 Å². The Hall–Kier alpha value is -2.24. The molecule has 0 aliphatic carbocycles. The van der Waals surface area contributed by atoms with Gasteiger partial charge < -0.3 is 10.1 Å². The van der Waals surface area contributed by atoms with Gasteiger partial charge in [0.1, 0.15) is 5.69 Å². The summed E-state index contributed by atoms with van der Waals surface area (Å²) in [4.78, 5) is 18.6. The predicted octanol–water partition coefficient (Wildman–Crippen LogP) is 2.50. The van der Waals surface area contributed by atoms with E-state index in [1.165, 1.54) is 5.56 Å². The first-order valence-electron chi connectivity index (χ1n) is 8.30. The zero-order chi connectivity index (χ0) is 16.9. The molecule has 1 saturated heterocycles. The second-order valence-corrected chi connectivity index (χ2v) is 5.93. The van der Waals surface area contributed by atoms with Crippen molar-refractivity contribution in [2.24, 2.45) is 0 Å². The van der Waals surface area contributed by atoms with Crippen LogP contribution in [-0.2, 0) is 4.74 Å². The van der Waals surface area contributed by atoms with Crippen molar-refractivity contribution in [3.05, 3.63) is 53.7 Å². The highest BCUT2D eigenvalue weighted by atomic mass is 16.5. The van der Waals surface area contributed by atoms with Gasteiger partial charge in [0, 0.05) is 31.7 Å². The monoisotopic (exact) mass is 325 g/mol.